The van der Waals surface area contributed by atoms with Crippen molar-refractivity contribution in [3.05, 3.63) is 59.7 Å². The van der Waals surface area contributed by atoms with Gasteiger partial charge >= 0.3 is 0 Å². The second-order valence-corrected chi connectivity index (χ2v) is 10.7. The fourth-order valence-corrected chi connectivity index (χ4v) is 5.16. The number of hydrogen-bond acceptors (Lipinski definition) is 6. The van der Waals surface area contributed by atoms with Crippen LogP contribution in [0, 0.1) is 5.41 Å². The molecular weight excluding hydrogens is 410 g/mol. The summed E-state index contributed by atoms with van der Waals surface area (Å²) in [6.45, 7) is 6.17. The standard InChI is InChI=1S/C23H29N5O2S/c1-17(2)31(29,30)28-22-14-19(15-24)8-9-21(22)26-23(28)25-20-10-12-27(13-11-20)16-18-6-4-3-5-7-18/h3-9,14-15,17,20,24H,10-13,16H2,1-2H3,(H,25,26). The van der Waals surface area contributed by atoms with E-state index >= 15 is 0 Å². The van der Waals surface area contributed by atoms with E-state index < -0.39 is 15.3 Å². The summed E-state index contributed by atoms with van der Waals surface area (Å²) in [5, 5.41) is 10.3. The molecular formula is C23H29N5O2S. The van der Waals surface area contributed by atoms with Crippen molar-refractivity contribution >= 4 is 33.2 Å². The summed E-state index contributed by atoms with van der Waals surface area (Å²) in [4.78, 5) is 7.03. The number of benzene rings is 2. The van der Waals surface area contributed by atoms with Crippen molar-refractivity contribution in [1.82, 2.24) is 13.9 Å². The predicted molar refractivity (Wildman–Crippen MR) is 125 cm³/mol. The predicted octanol–water partition coefficient (Wildman–Crippen LogP) is 3.70. The molecule has 1 aliphatic rings. The molecule has 1 fully saturated rings. The van der Waals surface area contributed by atoms with Gasteiger partial charge in [0.15, 0.2) is 0 Å². The lowest BCUT2D eigenvalue weighted by atomic mass is 10.0. The van der Waals surface area contributed by atoms with E-state index in [1.165, 1.54) is 15.8 Å². The Morgan fingerprint density at radius 1 is 1.16 bits per heavy atom. The number of nitrogens with zero attached hydrogens (tertiary/aromatic N) is 3. The highest BCUT2D eigenvalue weighted by Crippen LogP contribution is 2.27. The second kappa shape index (κ2) is 8.80. The molecule has 0 aliphatic carbocycles. The van der Waals surface area contributed by atoms with Gasteiger partial charge in [-0.2, -0.15) is 0 Å². The number of imidazole rings is 1. The van der Waals surface area contributed by atoms with Gasteiger partial charge in [-0.05, 0) is 49.9 Å². The Balaban J connectivity index is 1.55. The molecule has 0 bridgehead atoms. The minimum Gasteiger partial charge on any atom is -0.352 e. The van der Waals surface area contributed by atoms with Crippen LogP contribution in [0.1, 0.15) is 37.8 Å². The van der Waals surface area contributed by atoms with Crippen LogP contribution in [0.3, 0.4) is 0 Å². The van der Waals surface area contributed by atoms with E-state index in [9.17, 15) is 8.42 Å². The summed E-state index contributed by atoms with van der Waals surface area (Å²) in [5.74, 6) is 0.368. The largest absolute Gasteiger partial charge is 0.352 e. The van der Waals surface area contributed by atoms with Crippen LogP contribution in [-0.4, -0.2) is 52.9 Å². The molecule has 0 spiro atoms. The Morgan fingerprint density at radius 3 is 2.52 bits per heavy atom. The smallest absolute Gasteiger partial charge is 0.244 e. The van der Waals surface area contributed by atoms with Crippen molar-refractivity contribution in [2.45, 2.75) is 44.5 Å². The molecule has 164 valence electrons. The number of nitrogens with one attached hydrogen (secondary N) is 2. The molecule has 0 unspecified atom stereocenters. The van der Waals surface area contributed by atoms with Crippen molar-refractivity contribution in [2.24, 2.45) is 0 Å². The molecule has 2 aromatic carbocycles. The molecule has 0 atom stereocenters. The molecule has 1 aromatic heterocycles. The van der Waals surface area contributed by atoms with Crippen LogP contribution in [0.15, 0.2) is 48.5 Å². The summed E-state index contributed by atoms with van der Waals surface area (Å²) >= 11 is 0. The third-order valence-electron chi connectivity index (χ3n) is 5.82. The first-order valence-electron chi connectivity index (χ1n) is 10.7. The van der Waals surface area contributed by atoms with Gasteiger partial charge in [-0.25, -0.2) is 17.4 Å². The third-order valence-corrected chi connectivity index (χ3v) is 7.89. The molecule has 7 nitrogen and oxygen atoms in total. The van der Waals surface area contributed by atoms with E-state index in [-0.39, 0.29) is 6.04 Å². The van der Waals surface area contributed by atoms with Crippen LogP contribution < -0.4 is 5.32 Å². The maximum absolute atomic E-state index is 13.1. The van der Waals surface area contributed by atoms with Crippen LogP contribution in [0.5, 0.6) is 0 Å². The summed E-state index contributed by atoms with van der Waals surface area (Å²) in [6, 6.07) is 15.9. The van der Waals surface area contributed by atoms with Gasteiger partial charge in [0.1, 0.15) is 0 Å². The van der Waals surface area contributed by atoms with Gasteiger partial charge in [0, 0.05) is 31.9 Å². The topological polar surface area (TPSA) is 91.1 Å². The Labute approximate surface area is 183 Å². The third kappa shape index (κ3) is 4.50. The normalized spacial score (nSPS) is 16.1. The number of fused-ring (bicyclic) bond motifs is 1. The average molecular weight is 440 g/mol. The zero-order valence-corrected chi connectivity index (χ0v) is 18.8. The maximum Gasteiger partial charge on any atom is 0.244 e. The van der Waals surface area contributed by atoms with E-state index in [0.29, 0.717) is 22.5 Å². The number of rotatable bonds is 7. The molecule has 1 saturated heterocycles. The summed E-state index contributed by atoms with van der Waals surface area (Å²) < 4.78 is 27.6. The van der Waals surface area contributed by atoms with Gasteiger partial charge in [0.25, 0.3) is 0 Å². The van der Waals surface area contributed by atoms with Gasteiger partial charge in [0.2, 0.25) is 16.0 Å². The number of aromatic nitrogens is 2. The first-order valence-corrected chi connectivity index (χ1v) is 12.2. The SMILES string of the molecule is CC(C)S(=O)(=O)n1c(NC2CCN(Cc3ccccc3)CC2)nc2ccc(C=N)cc21. The fraction of sp³-hybridized carbons (Fsp3) is 0.391. The average Bonchev–Trinajstić information content (AvgIpc) is 3.13. The van der Waals surface area contributed by atoms with Crippen molar-refractivity contribution in [2.75, 3.05) is 18.4 Å². The van der Waals surface area contributed by atoms with Gasteiger partial charge in [-0.3, -0.25) is 4.90 Å². The zero-order valence-electron chi connectivity index (χ0n) is 18.0. The summed E-state index contributed by atoms with van der Waals surface area (Å²) in [7, 11) is -3.61. The van der Waals surface area contributed by atoms with Crippen LogP contribution >= 0.6 is 0 Å². The highest BCUT2D eigenvalue weighted by atomic mass is 32.2. The Morgan fingerprint density at radius 2 is 1.87 bits per heavy atom. The van der Waals surface area contributed by atoms with Crippen molar-refractivity contribution in [3.63, 3.8) is 0 Å². The number of piperidine rings is 1. The monoisotopic (exact) mass is 439 g/mol. The van der Waals surface area contributed by atoms with E-state index in [1.807, 2.05) is 6.07 Å². The summed E-state index contributed by atoms with van der Waals surface area (Å²) in [5.41, 5.74) is 3.08. The molecule has 8 heteroatoms. The van der Waals surface area contributed by atoms with Crippen LogP contribution in [0.25, 0.3) is 11.0 Å². The maximum atomic E-state index is 13.1. The first-order chi connectivity index (χ1) is 14.9. The van der Waals surface area contributed by atoms with Crippen LogP contribution in [0.4, 0.5) is 5.95 Å². The molecule has 2 heterocycles. The lowest BCUT2D eigenvalue weighted by molar-refractivity contribution is 0.211. The van der Waals surface area contributed by atoms with Crippen LogP contribution in [-0.2, 0) is 16.6 Å². The highest BCUT2D eigenvalue weighted by Gasteiger charge is 2.28. The Bertz CT molecular complexity index is 1160. The zero-order chi connectivity index (χ0) is 22.0. The first kappa shape index (κ1) is 21.5. The lowest BCUT2D eigenvalue weighted by Crippen LogP contribution is -2.39. The lowest BCUT2D eigenvalue weighted by Gasteiger charge is -2.32. The van der Waals surface area contributed by atoms with E-state index in [2.05, 4.69) is 39.5 Å². The van der Waals surface area contributed by atoms with Crippen LogP contribution in [0.2, 0.25) is 0 Å². The molecule has 4 rings (SSSR count). The molecule has 31 heavy (non-hydrogen) atoms. The Kier molecular flexibility index (Phi) is 6.11. The van der Waals surface area contributed by atoms with Gasteiger partial charge in [-0.15, -0.1) is 0 Å². The molecule has 0 saturated carbocycles. The molecule has 2 N–H and O–H groups in total. The molecule has 1 aliphatic heterocycles. The number of anilines is 1. The van der Waals surface area contributed by atoms with Crippen molar-refractivity contribution in [3.8, 4) is 0 Å². The highest BCUT2D eigenvalue weighted by molar-refractivity contribution is 7.90. The molecule has 3 aromatic rings. The minimum atomic E-state index is -3.61. The fourth-order valence-electron chi connectivity index (χ4n) is 3.98. The number of hydrogen-bond donors (Lipinski definition) is 2. The van der Waals surface area contributed by atoms with E-state index in [4.69, 9.17) is 5.41 Å². The summed E-state index contributed by atoms with van der Waals surface area (Å²) in [6.07, 6.45) is 3.06. The second-order valence-electron chi connectivity index (χ2n) is 8.37. The van der Waals surface area contributed by atoms with Gasteiger partial charge in [0.05, 0.1) is 16.3 Å². The number of likely N-dealkylation sites (tertiary alicyclic amines) is 1. The van der Waals surface area contributed by atoms with Crippen molar-refractivity contribution < 1.29 is 8.42 Å². The quantitative estimate of drug-likeness (QED) is 0.548. The molecule has 0 radical (unpaired) electrons. The Hall–Kier alpha value is -2.71. The van der Waals surface area contributed by atoms with E-state index in [0.717, 1.165) is 32.5 Å². The minimum absolute atomic E-state index is 0.159. The van der Waals surface area contributed by atoms with E-state index in [1.54, 1.807) is 32.0 Å². The molecule has 0 amide bonds. The van der Waals surface area contributed by atoms with Gasteiger partial charge < -0.3 is 10.7 Å². The van der Waals surface area contributed by atoms with Crippen molar-refractivity contribution in [1.29, 1.82) is 5.41 Å². The van der Waals surface area contributed by atoms with Gasteiger partial charge in [-0.1, -0.05) is 36.4 Å².